The lowest BCUT2D eigenvalue weighted by molar-refractivity contribution is -0.0968. The van der Waals surface area contributed by atoms with E-state index >= 15 is 0 Å². The van der Waals surface area contributed by atoms with E-state index in [-0.39, 0.29) is 0 Å². The topological polar surface area (TPSA) is 90.2 Å². The Balaban J connectivity index is 3.10. The van der Waals surface area contributed by atoms with Crippen LogP contribution in [0.3, 0.4) is 0 Å². The average molecular weight is 541 g/mol. The molecule has 3 aliphatic carbocycles. The Morgan fingerprint density at radius 2 is 2.43 bits per heavy atom. The Kier molecular flexibility index (Phi) is 1.72. The van der Waals surface area contributed by atoms with Crippen LogP contribution in [0.25, 0.3) is 0 Å². The Hall–Kier alpha value is -0.980. The normalized spacial score (nSPS) is 82.3. The minimum absolute atomic E-state index is 2.43. The number of allylic oxidation sites excluding steroid dienone is 3. The summed E-state index contributed by atoms with van der Waals surface area (Å²) in [4.78, 5) is 0. The Morgan fingerprint density at radius 1 is 1.46 bits per heavy atom. The van der Waals surface area contributed by atoms with E-state index in [2.05, 4.69) is 25.2 Å². The van der Waals surface area contributed by atoms with Crippen LogP contribution in [-0.2, 0) is 4.74 Å². The number of aliphatic hydroxyl groups is 4. The van der Waals surface area contributed by atoms with Gasteiger partial charge in [0, 0.05) is 67.5 Å². The van der Waals surface area contributed by atoms with Gasteiger partial charge in [0.25, 0.3) is 0 Å². The maximum Gasteiger partial charge on any atom is 0.211 e. The lowest BCUT2D eigenvalue weighted by Crippen LogP contribution is -2.45. The quantitative estimate of drug-likeness (QED) is 0.247. The number of hydrogen-bond donors (Lipinski definition) is 4. The predicted octanol–water partition coefficient (Wildman–Crippen LogP) is 5.08. The maximum absolute atomic E-state index is 10.0. The average Bonchev–Trinajstić information content (AvgIpc) is 1.49. The number of hydrogen-bond acceptors (Lipinski definition) is 5. The van der Waals surface area contributed by atoms with Gasteiger partial charge in [-0.3, -0.25) is 0 Å². The van der Waals surface area contributed by atoms with Crippen LogP contribution < -0.4 is 0 Å². The summed E-state index contributed by atoms with van der Waals surface area (Å²) in [5.74, 6) is -18.3. The van der Waals surface area contributed by atoms with Crippen molar-refractivity contribution in [3.63, 3.8) is 0 Å². The lowest BCUT2D eigenvalue weighted by atomic mass is 9.60. The van der Waals surface area contributed by atoms with Gasteiger partial charge in [-0.1, -0.05) is 50.7 Å². The van der Waals surface area contributed by atoms with Gasteiger partial charge in [-0.15, -0.1) is 0 Å². The molecule has 3 saturated carbocycles. The first-order chi connectivity index (χ1) is 36.6. The summed E-state index contributed by atoms with van der Waals surface area (Å²) >= 11 is 0. The van der Waals surface area contributed by atoms with E-state index in [0.29, 0.717) is 0 Å². The van der Waals surface area contributed by atoms with Gasteiger partial charge in [-0.05, 0) is 92.6 Å². The van der Waals surface area contributed by atoms with Crippen LogP contribution >= 0.6 is 0 Å². The molecular weight excluding hydrogens is 440 g/mol. The van der Waals surface area contributed by atoms with E-state index in [0.717, 1.165) is 0 Å². The van der Waals surface area contributed by atoms with E-state index in [1.807, 2.05) is 0 Å². The van der Waals surface area contributed by atoms with Crippen LogP contribution in [0.1, 0.15) is 154 Å². The summed E-state index contributed by atoms with van der Waals surface area (Å²) in [6.45, 7) is -32.4. The monoisotopic (exact) mass is 541 g/mol. The molecule has 5 nitrogen and oxygen atoms in total. The number of ether oxygens (including phenoxy) is 1. The van der Waals surface area contributed by atoms with E-state index in [9.17, 15) is 15.1 Å². The summed E-state index contributed by atoms with van der Waals surface area (Å²) in [5, 5.41) is 15.5. The van der Waals surface area contributed by atoms with Crippen LogP contribution in [0, 0.1) is 23.1 Å². The second kappa shape index (κ2) is 12.0. The van der Waals surface area contributed by atoms with Crippen molar-refractivity contribution in [1.82, 2.24) is 0 Å². The fraction of sp³-hybridized carbons (Fsp3) is 0.800. The Labute approximate surface area is 283 Å². The highest BCUT2D eigenvalue weighted by atomic mass is 16.5. The van der Waals surface area contributed by atoms with Gasteiger partial charge in [0.05, 0.1) is 26.8 Å². The van der Waals surface area contributed by atoms with Crippen LogP contribution in [0.2, 0.25) is 0 Å². The Morgan fingerprint density at radius 3 is 3.17 bits per heavy atom. The summed E-state index contributed by atoms with van der Waals surface area (Å²) < 4.78 is 438. The van der Waals surface area contributed by atoms with Gasteiger partial charge < -0.3 is 25.2 Å². The van der Waals surface area contributed by atoms with Gasteiger partial charge in [0.15, 0.2) is 0 Å². The first-order valence-corrected chi connectivity index (χ1v) is 8.97. The molecule has 0 aromatic rings. The molecule has 4 N–H and O–H groups in total. The summed E-state index contributed by atoms with van der Waals surface area (Å²) in [5.41, 5.74) is -19.5. The smallest absolute Gasteiger partial charge is 0.211 e. The maximum atomic E-state index is 10.0. The molecule has 3 aliphatic rings. The molecule has 3 fully saturated rings. The molecule has 5 heteroatoms. The fourth-order valence-corrected chi connectivity index (χ4v) is 2.62. The van der Waals surface area contributed by atoms with E-state index in [1.165, 1.54) is 0 Å². The highest BCUT2D eigenvalue weighted by Gasteiger charge is 2.50. The second-order valence-electron chi connectivity index (χ2n) is 6.47. The molecule has 0 amide bonds. The number of fused-ring (bicyclic) bond motifs is 1. The molecule has 200 valence electrons. The van der Waals surface area contributed by atoms with Crippen molar-refractivity contribution in [1.29, 1.82) is 5.72 Å². The van der Waals surface area contributed by atoms with Crippen molar-refractivity contribution < 1.29 is 88.2 Å². The van der Waals surface area contributed by atoms with Gasteiger partial charge in [-0.25, -0.2) is 0 Å². The third-order valence-corrected chi connectivity index (χ3v) is 4.12. The molecule has 7 atom stereocenters. The predicted molar refractivity (Wildman–Crippen MR) is 141 cm³/mol. The molecule has 0 aromatic carbocycles. The molecule has 0 unspecified atom stereocenters. The second-order valence-corrected chi connectivity index (χ2v) is 6.47. The standard InChI is InChI=1S/C30H50O5/c1-20(9-6-15-29(3,4)34)24-13-14-25-22(10-7-16-30(24,25)5)11-12-23-19-26(32)28(27(33)21(23)2)35-18-8-17-31/h11-12,20,24-28,31-34H,2,6-10,13-19H2,1,3-5H3/b22-11+,23-12-/t20-,24+,25-,26+,27+,28+,30+/m0/s1/i1D3,2D2,3D3,4D3,5D3,6D2,7D2,8D2,9D2,10D2,11D,12D,13D2,14D2,15D2,16D2,17D2,18D2,19D2,20D,24D,25D,26D,27D,28D,31D,32D,33D,34D. The summed E-state index contributed by atoms with van der Waals surface area (Å²) in [7, 11) is 0. The third kappa shape index (κ3) is 6.87. The van der Waals surface area contributed by atoms with Gasteiger partial charge in [0.2, 0.25) is 5.72 Å². The molecular formula is C30H50O5. The van der Waals surface area contributed by atoms with Crippen molar-refractivity contribution >= 4 is 0 Å². The first-order valence-electron chi connectivity index (χ1n) is 33.6. The zero-order valence-electron chi connectivity index (χ0n) is 67.0. The van der Waals surface area contributed by atoms with Crippen LogP contribution in [0.5, 0.6) is 0 Å². The molecule has 0 saturated heterocycles. The molecule has 0 aliphatic heterocycles. The van der Waals surface area contributed by atoms with Crippen molar-refractivity contribution in [3.8, 4) is 0 Å². The van der Waals surface area contributed by atoms with Crippen molar-refractivity contribution in [2.45, 2.75) is 115 Å². The minimum atomic E-state index is -6.25. The zero-order valence-corrected chi connectivity index (χ0v) is 17.0. The Bertz CT molecular complexity index is 2710. The summed E-state index contributed by atoms with van der Waals surface area (Å²) in [6, 6.07) is -5.72. The molecule has 0 radical (unpaired) electrons. The van der Waals surface area contributed by atoms with Crippen LogP contribution in [0.15, 0.2) is 35.4 Å². The van der Waals surface area contributed by atoms with Crippen molar-refractivity contribution in [2.75, 3.05) is 13.1 Å². The fourth-order valence-electron chi connectivity index (χ4n) is 2.62. The minimum Gasteiger partial charge on any atom is -0.396 e. The van der Waals surface area contributed by atoms with Crippen molar-refractivity contribution in [3.05, 3.63) is 35.4 Å². The van der Waals surface area contributed by atoms with Gasteiger partial charge in [-0.2, -0.15) is 0 Å². The van der Waals surface area contributed by atoms with Gasteiger partial charge >= 0.3 is 0 Å². The van der Waals surface area contributed by atoms with Gasteiger partial charge in [0.1, 0.15) is 12.2 Å². The van der Waals surface area contributed by atoms with Crippen LogP contribution in [-0.4, -0.2) is 63.1 Å². The molecule has 0 spiro atoms. The number of rotatable bonds is 14. The summed E-state index contributed by atoms with van der Waals surface area (Å²) in [6.07, 6.45) is -69.9. The third-order valence-electron chi connectivity index (χ3n) is 4.12. The molecule has 35 heavy (non-hydrogen) atoms. The van der Waals surface area contributed by atoms with Crippen LogP contribution in [0.4, 0.5) is 0 Å². The lowest BCUT2D eigenvalue weighted by Gasteiger charge is -2.44. The SMILES string of the molecule is [2H]OC([2H])([2H])C([2H])([2H])C([2H])([2H])O[C@@]1([2H])[C@]([2H])(O[2H])C(=C([2H])[2H])/C(=C([2H])\C([2H])=C2/C([2H])([2H])C([2H])([2H])C([2H])([2H])[C@]3(C([2H])([2H])[2H])[C@@]([2H])([C@@]([2H])(C([2H])([2H])[2H])C([2H])([2H])C([2H])([2H])C([2H])([2H])C(O[2H])(C([2H])([2H])[2H])C([2H])([2H])[2H])C([2H])([2H])C([2H])([2H])[C@@]23[2H])C([2H])([2H])[C@@]1([2H])O[2H]. The zero-order chi connectivity index (χ0) is 69.0. The van der Waals surface area contributed by atoms with E-state index in [1.54, 1.807) is 0 Å². The largest absolute Gasteiger partial charge is 0.396 e. The van der Waals surface area contributed by atoms with Crippen molar-refractivity contribution in [2.24, 2.45) is 23.1 Å². The first kappa shape index (κ1) is 5.01. The molecule has 3 rings (SSSR count). The highest BCUT2D eigenvalue weighted by molar-refractivity contribution is 5.40. The van der Waals surface area contributed by atoms with E-state index < -0.39 is 187 Å². The molecule has 0 aromatic heterocycles. The molecule has 0 bridgehead atoms. The molecule has 0 heterocycles. The highest BCUT2D eigenvalue weighted by Crippen LogP contribution is 2.60. The van der Waals surface area contributed by atoms with E-state index in [4.69, 9.17) is 53.7 Å².